The Labute approximate surface area is 160 Å². The summed E-state index contributed by atoms with van der Waals surface area (Å²) in [6.45, 7) is 7.46. The van der Waals surface area contributed by atoms with Gasteiger partial charge in [0.2, 0.25) is 0 Å². The molecule has 1 N–H and O–H groups in total. The van der Waals surface area contributed by atoms with Gasteiger partial charge >= 0.3 is 0 Å². The zero-order chi connectivity index (χ0) is 19.7. The predicted octanol–water partition coefficient (Wildman–Crippen LogP) is 4.00. The lowest BCUT2D eigenvalue weighted by atomic mass is 10.1. The minimum absolute atomic E-state index is 0.182. The number of aryl methyl sites for hydroxylation is 1. The number of amides is 1. The van der Waals surface area contributed by atoms with Gasteiger partial charge in [0.1, 0.15) is 0 Å². The van der Waals surface area contributed by atoms with Crippen molar-refractivity contribution in [1.82, 2.24) is 5.32 Å². The number of nitrogens with one attached hydrogen (secondary N) is 1. The number of carbonyl (C=O) groups excluding carboxylic acids is 1. The third-order valence-electron chi connectivity index (χ3n) is 3.73. The predicted molar refractivity (Wildman–Crippen MR) is 105 cm³/mol. The number of nitrogens with zero attached hydrogens (tertiary/aromatic N) is 1. The van der Waals surface area contributed by atoms with Gasteiger partial charge in [0.05, 0.1) is 21.2 Å². The molecule has 0 radical (unpaired) electrons. The van der Waals surface area contributed by atoms with Crippen LogP contribution in [0.4, 0.5) is 5.69 Å². The van der Waals surface area contributed by atoms with E-state index in [-0.39, 0.29) is 21.4 Å². The van der Waals surface area contributed by atoms with Crippen LogP contribution in [0.3, 0.4) is 0 Å². The summed E-state index contributed by atoms with van der Waals surface area (Å²) in [7, 11) is -2.29. The monoisotopic (exact) mass is 394 g/mol. The highest BCUT2D eigenvalue weighted by atomic mass is 35.5. The van der Waals surface area contributed by atoms with Crippen LogP contribution in [0.5, 0.6) is 0 Å². The fraction of sp³-hybridized carbons (Fsp3) is 0.316. The molecule has 140 valence electrons. The van der Waals surface area contributed by atoms with E-state index in [1.807, 2.05) is 27.7 Å². The molecule has 0 fully saturated rings. The molecule has 0 aliphatic heterocycles. The van der Waals surface area contributed by atoms with Gasteiger partial charge in [0, 0.05) is 12.6 Å². The molecule has 0 aromatic heterocycles. The van der Waals surface area contributed by atoms with Gasteiger partial charge in [-0.3, -0.25) is 9.10 Å². The van der Waals surface area contributed by atoms with Gasteiger partial charge in [-0.05, 0) is 58.0 Å². The van der Waals surface area contributed by atoms with Gasteiger partial charge in [-0.15, -0.1) is 0 Å². The fourth-order valence-corrected chi connectivity index (χ4v) is 3.69. The van der Waals surface area contributed by atoms with Crippen molar-refractivity contribution in [1.29, 1.82) is 0 Å². The molecule has 2 aromatic rings. The Morgan fingerprint density at radius 1 is 1.08 bits per heavy atom. The molecule has 0 unspecified atom stereocenters. The van der Waals surface area contributed by atoms with Crippen LogP contribution in [-0.2, 0) is 10.0 Å². The van der Waals surface area contributed by atoms with Gasteiger partial charge in [-0.2, -0.15) is 0 Å². The van der Waals surface area contributed by atoms with E-state index >= 15 is 0 Å². The summed E-state index contributed by atoms with van der Waals surface area (Å²) < 4.78 is 26.8. The minimum atomic E-state index is -3.74. The van der Waals surface area contributed by atoms with E-state index in [2.05, 4.69) is 5.32 Å². The Morgan fingerprint density at radius 3 is 2.19 bits per heavy atom. The van der Waals surface area contributed by atoms with Gasteiger partial charge in [0.25, 0.3) is 15.9 Å². The molecule has 0 saturated heterocycles. The highest BCUT2D eigenvalue weighted by Crippen LogP contribution is 2.27. The van der Waals surface area contributed by atoms with Crippen molar-refractivity contribution in [2.75, 3.05) is 11.4 Å². The molecule has 0 spiro atoms. The SMILES string of the molecule is Cc1ccc(S(=O)(=O)N(C)c2ccc(Cl)c(C(=O)NC(C)(C)C)c2)cc1. The summed E-state index contributed by atoms with van der Waals surface area (Å²) in [5.74, 6) is -0.356. The summed E-state index contributed by atoms with van der Waals surface area (Å²) in [5.41, 5.74) is 1.12. The van der Waals surface area contributed by atoms with Crippen LogP contribution in [0, 0.1) is 6.92 Å². The van der Waals surface area contributed by atoms with Crippen LogP contribution in [-0.4, -0.2) is 26.9 Å². The summed E-state index contributed by atoms with van der Waals surface area (Å²) in [6.07, 6.45) is 0. The molecule has 7 heteroatoms. The Hall–Kier alpha value is -2.05. The Bertz CT molecular complexity index is 917. The first-order chi connectivity index (χ1) is 11.9. The van der Waals surface area contributed by atoms with Crippen LogP contribution >= 0.6 is 11.6 Å². The normalized spacial score (nSPS) is 11.9. The summed E-state index contributed by atoms with van der Waals surface area (Å²) in [5, 5.41) is 3.09. The Morgan fingerprint density at radius 2 is 1.65 bits per heavy atom. The van der Waals surface area contributed by atoms with Gasteiger partial charge < -0.3 is 5.32 Å². The van der Waals surface area contributed by atoms with Crippen molar-refractivity contribution in [2.24, 2.45) is 0 Å². The van der Waals surface area contributed by atoms with Crippen molar-refractivity contribution < 1.29 is 13.2 Å². The van der Waals surface area contributed by atoms with E-state index in [1.165, 1.54) is 19.2 Å². The molecule has 1 amide bonds. The first-order valence-electron chi connectivity index (χ1n) is 8.09. The summed E-state index contributed by atoms with van der Waals surface area (Å²) >= 11 is 6.14. The first-order valence-corrected chi connectivity index (χ1v) is 9.91. The molecule has 0 aliphatic rings. The zero-order valence-corrected chi connectivity index (χ0v) is 17.1. The standard InChI is InChI=1S/C19H23ClN2O3S/c1-13-6-9-15(10-7-13)26(24,25)22(5)14-8-11-17(20)16(12-14)18(23)21-19(2,3)4/h6-12H,1-5H3,(H,21,23). The molecule has 0 bridgehead atoms. The molecular weight excluding hydrogens is 372 g/mol. The topological polar surface area (TPSA) is 66.5 Å². The second-order valence-electron chi connectivity index (χ2n) is 7.15. The van der Waals surface area contributed by atoms with Gasteiger partial charge in [-0.1, -0.05) is 29.3 Å². The van der Waals surface area contributed by atoms with Crippen LogP contribution in [0.2, 0.25) is 5.02 Å². The molecule has 0 saturated carbocycles. The van der Waals surface area contributed by atoms with E-state index in [4.69, 9.17) is 11.6 Å². The highest BCUT2D eigenvalue weighted by Gasteiger charge is 2.24. The summed E-state index contributed by atoms with van der Waals surface area (Å²) in [6, 6.07) is 11.2. The molecule has 2 rings (SSSR count). The molecule has 0 heterocycles. The average molecular weight is 395 g/mol. The quantitative estimate of drug-likeness (QED) is 0.852. The Kier molecular flexibility index (Phi) is 5.68. The number of benzene rings is 2. The van der Waals surface area contributed by atoms with E-state index in [0.717, 1.165) is 9.87 Å². The second kappa shape index (κ2) is 7.29. The van der Waals surface area contributed by atoms with Crippen LogP contribution in [0.15, 0.2) is 47.4 Å². The van der Waals surface area contributed by atoms with Crippen molar-refractivity contribution in [2.45, 2.75) is 38.1 Å². The van der Waals surface area contributed by atoms with Gasteiger partial charge in [-0.25, -0.2) is 8.42 Å². The average Bonchev–Trinajstić information content (AvgIpc) is 2.53. The van der Waals surface area contributed by atoms with Crippen LogP contribution in [0.1, 0.15) is 36.7 Å². The second-order valence-corrected chi connectivity index (χ2v) is 9.53. The molecule has 5 nitrogen and oxygen atoms in total. The third kappa shape index (κ3) is 4.56. The first kappa shape index (κ1) is 20.3. The zero-order valence-electron chi connectivity index (χ0n) is 15.5. The lowest BCUT2D eigenvalue weighted by Gasteiger charge is -2.23. The maximum absolute atomic E-state index is 12.8. The number of sulfonamides is 1. The minimum Gasteiger partial charge on any atom is -0.347 e. The molecule has 0 aliphatic carbocycles. The van der Waals surface area contributed by atoms with Crippen molar-refractivity contribution in [3.8, 4) is 0 Å². The maximum atomic E-state index is 12.8. The summed E-state index contributed by atoms with van der Waals surface area (Å²) in [4.78, 5) is 12.6. The molecular formula is C19H23ClN2O3S. The maximum Gasteiger partial charge on any atom is 0.264 e. The lowest BCUT2D eigenvalue weighted by Crippen LogP contribution is -2.40. The lowest BCUT2D eigenvalue weighted by molar-refractivity contribution is 0.0919. The van der Waals surface area contributed by atoms with Gasteiger partial charge in [0.15, 0.2) is 0 Å². The van der Waals surface area contributed by atoms with E-state index < -0.39 is 15.6 Å². The highest BCUT2D eigenvalue weighted by molar-refractivity contribution is 7.92. The third-order valence-corrected chi connectivity index (χ3v) is 5.86. The van der Waals surface area contributed by atoms with Crippen LogP contribution < -0.4 is 9.62 Å². The number of anilines is 1. The fourth-order valence-electron chi connectivity index (χ4n) is 2.30. The van der Waals surface area contributed by atoms with E-state index in [9.17, 15) is 13.2 Å². The molecule has 0 atom stereocenters. The largest absolute Gasteiger partial charge is 0.347 e. The number of hydrogen-bond donors (Lipinski definition) is 1. The number of carbonyl (C=O) groups is 1. The number of rotatable bonds is 4. The Balaban J connectivity index is 2.41. The van der Waals surface area contributed by atoms with Crippen molar-refractivity contribution >= 4 is 33.2 Å². The van der Waals surface area contributed by atoms with E-state index in [1.54, 1.807) is 30.3 Å². The molecule has 26 heavy (non-hydrogen) atoms. The molecule has 2 aromatic carbocycles. The van der Waals surface area contributed by atoms with Crippen molar-refractivity contribution in [3.63, 3.8) is 0 Å². The van der Waals surface area contributed by atoms with E-state index in [0.29, 0.717) is 5.69 Å². The number of halogens is 1. The number of hydrogen-bond acceptors (Lipinski definition) is 3. The van der Waals surface area contributed by atoms with Crippen molar-refractivity contribution in [3.05, 3.63) is 58.6 Å². The van der Waals surface area contributed by atoms with Crippen LogP contribution in [0.25, 0.3) is 0 Å². The smallest absolute Gasteiger partial charge is 0.264 e.